The predicted octanol–water partition coefficient (Wildman–Crippen LogP) is 1.89. The summed E-state index contributed by atoms with van der Waals surface area (Å²) in [5.41, 5.74) is 4.19. The van der Waals surface area contributed by atoms with E-state index in [9.17, 15) is 18.0 Å². The smallest absolute Gasteiger partial charge is 0.241 e. The van der Waals surface area contributed by atoms with Crippen molar-refractivity contribution in [1.82, 2.24) is 15.4 Å². The van der Waals surface area contributed by atoms with Gasteiger partial charge in [-0.05, 0) is 67.5 Å². The van der Waals surface area contributed by atoms with Crippen molar-refractivity contribution in [3.8, 4) is 0 Å². The van der Waals surface area contributed by atoms with Gasteiger partial charge in [0, 0.05) is 0 Å². The summed E-state index contributed by atoms with van der Waals surface area (Å²) < 4.78 is 27.0. The van der Waals surface area contributed by atoms with E-state index in [-0.39, 0.29) is 23.4 Å². The zero-order valence-electron chi connectivity index (χ0n) is 17.2. The van der Waals surface area contributed by atoms with Crippen molar-refractivity contribution >= 4 is 21.8 Å². The third-order valence-corrected chi connectivity index (χ3v) is 6.76. The van der Waals surface area contributed by atoms with Gasteiger partial charge in [-0.2, -0.15) is 0 Å². The maximum Gasteiger partial charge on any atom is 0.241 e. The highest BCUT2D eigenvalue weighted by Crippen LogP contribution is 2.29. The van der Waals surface area contributed by atoms with E-state index in [0.29, 0.717) is 0 Å². The van der Waals surface area contributed by atoms with Crippen molar-refractivity contribution in [2.75, 3.05) is 13.1 Å². The molecule has 8 heteroatoms. The minimum Gasteiger partial charge on any atom is -0.348 e. The van der Waals surface area contributed by atoms with E-state index in [4.69, 9.17) is 0 Å². The zero-order chi connectivity index (χ0) is 21.7. The highest BCUT2D eigenvalue weighted by molar-refractivity contribution is 7.89. The summed E-state index contributed by atoms with van der Waals surface area (Å²) in [6.07, 6.45) is 2.85. The molecule has 1 aliphatic rings. The van der Waals surface area contributed by atoms with Gasteiger partial charge in [-0.3, -0.25) is 9.59 Å². The predicted molar refractivity (Wildman–Crippen MR) is 114 cm³/mol. The number of rotatable bonds is 7. The lowest BCUT2D eigenvalue weighted by atomic mass is 9.88. The van der Waals surface area contributed by atoms with E-state index in [2.05, 4.69) is 21.4 Å². The minimum atomic E-state index is -3.80. The normalized spacial score (nSPS) is 15.9. The number of carbonyl (C=O) groups excluding carboxylic acids is 2. The molecule has 30 heavy (non-hydrogen) atoms. The zero-order valence-corrected chi connectivity index (χ0v) is 18.0. The number of carbonyl (C=O) groups is 2. The van der Waals surface area contributed by atoms with Crippen LogP contribution in [-0.2, 0) is 26.0 Å². The molecule has 0 radical (unpaired) electrons. The van der Waals surface area contributed by atoms with Crippen LogP contribution in [-0.4, -0.2) is 33.3 Å². The summed E-state index contributed by atoms with van der Waals surface area (Å²) in [4.78, 5) is 24.4. The molecule has 3 rings (SSSR count). The summed E-state index contributed by atoms with van der Waals surface area (Å²) in [7, 11) is -3.80. The number of sulfonamides is 1. The Morgan fingerprint density at radius 2 is 1.77 bits per heavy atom. The summed E-state index contributed by atoms with van der Waals surface area (Å²) >= 11 is 0. The minimum absolute atomic E-state index is 0.0670. The Balaban J connectivity index is 1.48. The van der Waals surface area contributed by atoms with Gasteiger partial charge in [0.1, 0.15) is 0 Å². The van der Waals surface area contributed by atoms with Crippen LogP contribution in [0.3, 0.4) is 0 Å². The SMILES string of the molecule is Cc1ccc(S(=O)(=O)NCC(=O)NCC(=O)N[C@H]2CCCc3ccccc32)cc1C. The Bertz CT molecular complexity index is 1050. The van der Waals surface area contributed by atoms with Crippen molar-refractivity contribution < 1.29 is 18.0 Å². The van der Waals surface area contributed by atoms with E-state index >= 15 is 0 Å². The molecule has 0 heterocycles. The molecule has 0 aliphatic heterocycles. The van der Waals surface area contributed by atoms with Crippen LogP contribution in [0.5, 0.6) is 0 Å². The van der Waals surface area contributed by atoms with E-state index < -0.39 is 22.5 Å². The largest absolute Gasteiger partial charge is 0.348 e. The van der Waals surface area contributed by atoms with E-state index in [1.54, 1.807) is 12.1 Å². The molecule has 2 aromatic carbocycles. The van der Waals surface area contributed by atoms with Gasteiger partial charge >= 0.3 is 0 Å². The Hall–Kier alpha value is -2.71. The fraction of sp³-hybridized carbons (Fsp3) is 0.364. The Kier molecular flexibility index (Phi) is 6.89. The summed E-state index contributed by atoms with van der Waals surface area (Å²) in [6, 6.07) is 12.7. The second kappa shape index (κ2) is 9.40. The molecule has 1 atom stereocenters. The average molecular weight is 430 g/mol. The van der Waals surface area contributed by atoms with Crippen molar-refractivity contribution in [2.24, 2.45) is 0 Å². The van der Waals surface area contributed by atoms with Crippen LogP contribution in [0, 0.1) is 13.8 Å². The fourth-order valence-electron chi connectivity index (χ4n) is 3.52. The second-order valence-corrected chi connectivity index (χ2v) is 9.33. The number of fused-ring (bicyclic) bond motifs is 1. The molecule has 2 aromatic rings. The lowest BCUT2D eigenvalue weighted by molar-refractivity contribution is -0.125. The number of amides is 2. The fourth-order valence-corrected chi connectivity index (χ4v) is 4.58. The number of aryl methyl sites for hydroxylation is 3. The molecule has 0 spiro atoms. The maximum atomic E-state index is 12.3. The van der Waals surface area contributed by atoms with E-state index in [1.165, 1.54) is 11.6 Å². The van der Waals surface area contributed by atoms with Gasteiger partial charge in [-0.15, -0.1) is 0 Å². The molecule has 3 N–H and O–H groups in total. The Morgan fingerprint density at radius 3 is 2.53 bits per heavy atom. The molecular weight excluding hydrogens is 402 g/mol. The molecule has 0 saturated carbocycles. The summed E-state index contributed by atoms with van der Waals surface area (Å²) in [5.74, 6) is -0.872. The van der Waals surface area contributed by atoms with E-state index in [0.717, 1.165) is 36.0 Å². The lowest BCUT2D eigenvalue weighted by Gasteiger charge is -2.26. The van der Waals surface area contributed by atoms with Crippen LogP contribution in [0.1, 0.15) is 41.1 Å². The average Bonchev–Trinajstić information content (AvgIpc) is 2.73. The van der Waals surface area contributed by atoms with Gasteiger partial charge in [0.05, 0.1) is 24.0 Å². The first-order valence-electron chi connectivity index (χ1n) is 9.97. The molecule has 0 saturated heterocycles. The first-order valence-corrected chi connectivity index (χ1v) is 11.5. The molecule has 1 aliphatic carbocycles. The van der Waals surface area contributed by atoms with Crippen LogP contribution < -0.4 is 15.4 Å². The van der Waals surface area contributed by atoms with Gasteiger partial charge in [0.15, 0.2) is 0 Å². The molecule has 0 aromatic heterocycles. The monoisotopic (exact) mass is 429 g/mol. The van der Waals surface area contributed by atoms with Crippen LogP contribution in [0.2, 0.25) is 0 Å². The number of hydrogen-bond donors (Lipinski definition) is 3. The highest BCUT2D eigenvalue weighted by atomic mass is 32.2. The van der Waals surface area contributed by atoms with Gasteiger partial charge in [0.2, 0.25) is 21.8 Å². The third kappa shape index (κ3) is 5.46. The van der Waals surface area contributed by atoms with Crippen molar-refractivity contribution in [3.63, 3.8) is 0 Å². The summed E-state index contributed by atoms with van der Waals surface area (Å²) in [5, 5.41) is 5.41. The summed E-state index contributed by atoms with van der Waals surface area (Å²) in [6.45, 7) is 3.08. The molecule has 0 fully saturated rings. The molecular formula is C22H27N3O4S. The number of nitrogens with one attached hydrogen (secondary N) is 3. The highest BCUT2D eigenvalue weighted by Gasteiger charge is 2.22. The third-order valence-electron chi connectivity index (χ3n) is 5.36. The molecule has 0 bridgehead atoms. The lowest BCUT2D eigenvalue weighted by Crippen LogP contribution is -2.43. The maximum absolute atomic E-state index is 12.3. The van der Waals surface area contributed by atoms with Crippen molar-refractivity contribution in [2.45, 2.75) is 44.0 Å². The van der Waals surface area contributed by atoms with Crippen LogP contribution >= 0.6 is 0 Å². The van der Waals surface area contributed by atoms with Crippen molar-refractivity contribution in [3.05, 3.63) is 64.7 Å². The number of hydrogen-bond acceptors (Lipinski definition) is 4. The van der Waals surface area contributed by atoms with Crippen LogP contribution in [0.4, 0.5) is 0 Å². The van der Waals surface area contributed by atoms with Crippen molar-refractivity contribution in [1.29, 1.82) is 0 Å². The Labute approximate surface area is 177 Å². The molecule has 160 valence electrons. The molecule has 7 nitrogen and oxygen atoms in total. The first-order chi connectivity index (χ1) is 14.3. The topological polar surface area (TPSA) is 104 Å². The molecule has 0 unspecified atom stereocenters. The molecule has 2 amide bonds. The Morgan fingerprint density at radius 1 is 1.00 bits per heavy atom. The van der Waals surface area contributed by atoms with Gasteiger partial charge < -0.3 is 10.6 Å². The van der Waals surface area contributed by atoms with Crippen LogP contribution in [0.15, 0.2) is 47.4 Å². The second-order valence-electron chi connectivity index (χ2n) is 7.56. The van der Waals surface area contributed by atoms with E-state index in [1.807, 2.05) is 32.0 Å². The quantitative estimate of drug-likeness (QED) is 0.625. The van der Waals surface area contributed by atoms with Gasteiger partial charge in [-0.1, -0.05) is 30.3 Å². The standard InChI is InChI=1S/C22H27N3O4S/c1-15-10-11-18(12-16(15)2)30(28,29)24-14-21(26)23-13-22(27)25-20-9-5-7-17-6-3-4-8-19(17)20/h3-4,6,8,10-12,20,24H,5,7,9,13-14H2,1-2H3,(H,23,26)(H,25,27)/t20-/m0/s1. The van der Waals surface area contributed by atoms with Crippen LogP contribution in [0.25, 0.3) is 0 Å². The first kappa shape index (κ1) is 22.0. The van der Waals surface area contributed by atoms with Gasteiger partial charge in [0.25, 0.3) is 0 Å². The number of benzene rings is 2. The van der Waals surface area contributed by atoms with Gasteiger partial charge in [-0.25, -0.2) is 13.1 Å².